The molecule has 198 valence electrons. The molecule has 0 aliphatic rings. The van der Waals surface area contributed by atoms with E-state index < -0.39 is 23.7 Å². The molecule has 40 heavy (non-hydrogen) atoms. The van der Waals surface area contributed by atoms with E-state index in [1.165, 1.54) is 0 Å². The number of hydrogen-bond acceptors (Lipinski definition) is 5. The van der Waals surface area contributed by atoms with Crippen molar-refractivity contribution in [2.75, 3.05) is 10.6 Å². The van der Waals surface area contributed by atoms with Crippen LogP contribution in [0.25, 0.3) is 10.8 Å². The van der Waals surface area contributed by atoms with Crippen LogP contribution < -0.4 is 10.6 Å². The van der Waals surface area contributed by atoms with E-state index in [9.17, 15) is 14.4 Å². The number of nitrogens with one attached hydrogen (secondary N) is 2. The lowest BCUT2D eigenvalue weighted by Crippen LogP contribution is -2.39. The number of pyridine rings is 2. The summed E-state index contributed by atoms with van der Waals surface area (Å²) in [6.45, 7) is 0. The van der Waals surface area contributed by atoms with Gasteiger partial charge in [0.1, 0.15) is 17.6 Å². The maximum atomic E-state index is 13.7. The Kier molecular flexibility index (Phi) is 8.23. The molecular formula is C32H25ClN4O3. The first-order valence-corrected chi connectivity index (χ1v) is 13.1. The summed E-state index contributed by atoms with van der Waals surface area (Å²) in [5, 5.41) is 7.91. The number of fused-ring (bicyclic) bond motifs is 1. The Morgan fingerprint density at radius 3 is 1.82 bits per heavy atom. The van der Waals surface area contributed by atoms with Crippen molar-refractivity contribution in [3.63, 3.8) is 0 Å². The Bertz CT molecular complexity index is 1590. The van der Waals surface area contributed by atoms with Gasteiger partial charge in [-0.1, -0.05) is 72.3 Å². The normalized spacial score (nSPS) is 11.7. The number of halogens is 1. The summed E-state index contributed by atoms with van der Waals surface area (Å²) in [6, 6.07) is 30.2. The van der Waals surface area contributed by atoms with E-state index >= 15 is 0 Å². The number of anilines is 2. The summed E-state index contributed by atoms with van der Waals surface area (Å²) in [6.07, 6.45) is 2.98. The summed E-state index contributed by atoms with van der Waals surface area (Å²) < 4.78 is 0. The van der Waals surface area contributed by atoms with Crippen LogP contribution in [-0.2, 0) is 9.59 Å². The third-order valence-electron chi connectivity index (χ3n) is 6.57. The number of rotatable bonds is 9. The fourth-order valence-electron chi connectivity index (χ4n) is 4.58. The van der Waals surface area contributed by atoms with Crippen LogP contribution in [-0.4, -0.2) is 27.6 Å². The molecule has 0 fully saturated rings. The number of benzene rings is 3. The molecule has 0 aliphatic carbocycles. The SMILES string of the molecule is O=C(CC(c1ccc(Cl)cc1)C(C(=O)Nc1ccccn1)C(=O)Nc1ccccn1)c1ccc2ccccc2c1. The second-order valence-corrected chi connectivity index (χ2v) is 9.67. The first-order chi connectivity index (χ1) is 19.5. The highest BCUT2D eigenvalue weighted by molar-refractivity contribution is 6.30. The molecule has 2 amide bonds. The third kappa shape index (κ3) is 6.39. The molecule has 8 heteroatoms. The predicted octanol–water partition coefficient (Wildman–Crippen LogP) is 6.53. The van der Waals surface area contributed by atoms with Crippen molar-refractivity contribution in [1.29, 1.82) is 0 Å². The third-order valence-corrected chi connectivity index (χ3v) is 6.83. The number of amides is 2. The highest BCUT2D eigenvalue weighted by Crippen LogP contribution is 2.33. The van der Waals surface area contributed by atoms with E-state index in [1.54, 1.807) is 79.1 Å². The van der Waals surface area contributed by atoms with Crippen molar-refractivity contribution in [3.05, 3.63) is 132 Å². The highest BCUT2D eigenvalue weighted by atomic mass is 35.5. The zero-order valence-electron chi connectivity index (χ0n) is 21.3. The van der Waals surface area contributed by atoms with Gasteiger partial charge in [-0.3, -0.25) is 14.4 Å². The summed E-state index contributed by atoms with van der Waals surface area (Å²) >= 11 is 6.15. The number of ketones is 1. The molecule has 2 aromatic heterocycles. The molecule has 0 aliphatic heterocycles. The van der Waals surface area contributed by atoms with Gasteiger partial charge < -0.3 is 10.6 Å². The maximum absolute atomic E-state index is 13.7. The highest BCUT2D eigenvalue weighted by Gasteiger charge is 2.38. The number of hydrogen-bond donors (Lipinski definition) is 2. The van der Waals surface area contributed by atoms with Crippen LogP contribution in [0.15, 0.2) is 116 Å². The van der Waals surface area contributed by atoms with Crippen LogP contribution in [0.3, 0.4) is 0 Å². The van der Waals surface area contributed by atoms with Crippen LogP contribution >= 0.6 is 11.6 Å². The van der Waals surface area contributed by atoms with E-state index in [-0.39, 0.29) is 12.2 Å². The van der Waals surface area contributed by atoms with Gasteiger partial charge in [0.15, 0.2) is 5.78 Å². The smallest absolute Gasteiger partial charge is 0.238 e. The Balaban J connectivity index is 1.53. The Labute approximate surface area is 236 Å². The molecule has 0 radical (unpaired) electrons. The molecule has 3 aromatic carbocycles. The van der Waals surface area contributed by atoms with E-state index in [2.05, 4.69) is 20.6 Å². The average molecular weight is 549 g/mol. The molecule has 1 unspecified atom stereocenters. The van der Waals surface area contributed by atoms with E-state index in [0.29, 0.717) is 27.8 Å². The van der Waals surface area contributed by atoms with Crippen molar-refractivity contribution in [1.82, 2.24) is 9.97 Å². The van der Waals surface area contributed by atoms with Gasteiger partial charge in [-0.05, 0) is 58.8 Å². The van der Waals surface area contributed by atoms with Gasteiger partial charge in [-0.25, -0.2) is 9.97 Å². The molecule has 7 nitrogen and oxygen atoms in total. The first kappa shape index (κ1) is 26.7. The lowest BCUT2D eigenvalue weighted by atomic mass is 9.80. The summed E-state index contributed by atoms with van der Waals surface area (Å²) in [5.41, 5.74) is 1.11. The summed E-state index contributed by atoms with van der Waals surface area (Å²) in [7, 11) is 0. The molecule has 2 heterocycles. The van der Waals surface area contributed by atoms with Crippen molar-refractivity contribution in [3.8, 4) is 0 Å². The minimum atomic E-state index is -1.30. The number of carbonyl (C=O) groups excluding carboxylic acids is 3. The van der Waals surface area contributed by atoms with Crippen molar-refractivity contribution in [2.45, 2.75) is 12.3 Å². The van der Waals surface area contributed by atoms with Crippen molar-refractivity contribution >= 4 is 51.6 Å². The fraction of sp³-hybridized carbons (Fsp3) is 0.0938. The Morgan fingerprint density at radius 2 is 1.25 bits per heavy atom. The van der Waals surface area contributed by atoms with Gasteiger partial charge in [0.2, 0.25) is 11.8 Å². The Morgan fingerprint density at radius 1 is 0.675 bits per heavy atom. The van der Waals surface area contributed by atoms with Gasteiger partial charge in [-0.15, -0.1) is 0 Å². The van der Waals surface area contributed by atoms with E-state index in [1.807, 2.05) is 36.4 Å². The molecule has 5 aromatic rings. The van der Waals surface area contributed by atoms with Gasteiger partial charge in [-0.2, -0.15) is 0 Å². The Hall–Kier alpha value is -4.88. The van der Waals surface area contributed by atoms with Crippen molar-refractivity contribution < 1.29 is 14.4 Å². The second kappa shape index (κ2) is 12.3. The molecule has 0 bridgehead atoms. The van der Waals surface area contributed by atoms with Gasteiger partial charge in [0.25, 0.3) is 0 Å². The lowest BCUT2D eigenvalue weighted by molar-refractivity contribution is -0.130. The molecule has 2 N–H and O–H groups in total. The summed E-state index contributed by atoms with van der Waals surface area (Å²) in [5.74, 6) is -2.93. The molecule has 0 spiro atoms. The molecule has 1 atom stereocenters. The zero-order chi connectivity index (χ0) is 27.9. The maximum Gasteiger partial charge on any atom is 0.238 e. The first-order valence-electron chi connectivity index (χ1n) is 12.7. The average Bonchev–Trinajstić information content (AvgIpc) is 2.98. The lowest BCUT2D eigenvalue weighted by Gasteiger charge is -2.26. The number of nitrogens with zero attached hydrogens (tertiary/aromatic N) is 2. The largest absolute Gasteiger partial charge is 0.310 e. The monoisotopic (exact) mass is 548 g/mol. The number of aromatic nitrogens is 2. The minimum Gasteiger partial charge on any atom is -0.310 e. The number of carbonyl (C=O) groups is 3. The molecule has 0 saturated heterocycles. The quantitative estimate of drug-likeness (QED) is 0.161. The standard InChI is InChI=1S/C32H25ClN4O3/c33-25-15-13-22(14-16-25)26(20-27(38)24-12-11-21-7-1-2-8-23(21)19-24)30(31(39)36-28-9-3-5-17-34-28)32(40)37-29-10-4-6-18-35-29/h1-19,26,30H,20H2,(H,34,36,39)(H,35,37,40). The second-order valence-electron chi connectivity index (χ2n) is 9.23. The van der Waals surface area contributed by atoms with Crippen LogP contribution in [0.4, 0.5) is 11.6 Å². The minimum absolute atomic E-state index is 0.101. The topological polar surface area (TPSA) is 101 Å². The fourth-order valence-corrected chi connectivity index (χ4v) is 4.71. The van der Waals surface area contributed by atoms with Crippen LogP contribution in [0.5, 0.6) is 0 Å². The van der Waals surface area contributed by atoms with Crippen LogP contribution in [0, 0.1) is 5.92 Å². The predicted molar refractivity (Wildman–Crippen MR) is 156 cm³/mol. The summed E-state index contributed by atoms with van der Waals surface area (Å²) in [4.78, 5) is 49.5. The van der Waals surface area contributed by atoms with Gasteiger partial charge >= 0.3 is 0 Å². The van der Waals surface area contributed by atoms with Crippen molar-refractivity contribution in [2.24, 2.45) is 5.92 Å². The van der Waals surface area contributed by atoms with E-state index in [0.717, 1.165) is 10.8 Å². The molecule has 5 rings (SSSR count). The molecular weight excluding hydrogens is 524 g/mol. The van der Waals surface area contributed by atoms with Crippen LogP contribution in [0.2, 0.25) is 5.02 Å². The number of Topliss-reactive ketones (excluding diaryl/α,β-unsaturated/α-hetero) is 1. The van der Waals surface area contributed by atoms with Crippen LogP contribution in [0.1, 0.15) is 28.3 Å². The van der Waals surface area contributed by atoms with Gasteiger partial charge in [0, 0.05) is 35.3 Å². The molecule has 0 saturated carbocycles. The van der Waals surface area contributed by atoms with E-state index in [4.69, 9.17) is 11.6 Å². The van der Waals surface area contributed by atoms with Gasteiger partial charge in [0.05, 0.1) is 0 Å². The zero-order valence-corrected chi connectivity index (χ0v) is 22.1.